The molecule has 1 aliphatic rings. The standard InChI is InChI=1S/C18H39N3O2/c1-17(2,3)15-19-13-16-14-21(9-12-23-16)8-11-22-10-7-20-18(4,5)6/h16,19-20H,7-15H2,1-6H3. The van der Waals surface area contributed by atoms with Crippen molar-refractivity contribution in [2.75, 3.05) is 59.1 Å². The molecule has 1 saturated heterocycles. The molecule has 0 amide bonds. The van der Waals surface area contributed by atoms with E-state index in [0.717, 1.165) is 59.1 Å². The second-order valence-corrected chi connectivity index (χ2v) is 8.77. The third-order valence-electron chi connectivity index (χ3n) is 3.70. The molecule has 0 aromatic carbocycles. The molecule has 138 valence electrons. The van der Waals surface area contributed by atoms with Gasteiger partial charge in [0.25, 0.3) is 0 Å². The Labute approximate surface area is 143 Å². The van der Waals surface area contributed by atoms with Crippen molar-refractivity contribution in [1.29, 1.82) is 0 Å². The van der Waals surface area contributed by atoms with E-state index in [1.54, 1.807) is 0 Å². The summed E-state index contributed by atoms with van der Waals surface area (Å²) in [6.45, 7) is 21.6. The molecule has 5 nitrogen and oxygen atoms in total. The van der Waals surface area contributed by atoms with E-state index < -0.39 is 0 Å². The van der Waals surface area contributed by atoms with E-state index in [9.17, 15) is 0 Å². The van der Waals surface area contributed by atoms with Gasteiger partial charge in [0, 0.05) is 44.8 Å². The van der Waals surface area contributed by atoms with Crippen LogP contribution in [-0.4, -0.2) is 75.6 Å². The Morgan fingerprint density at radius 3 is 2.52 bits per heavy atom. The lowest BCUT2D eigenvalue weighted by molar-refractivity contribution is -0.0353. The smallest absolute Gasteiger partial charge is 0.0826 e. The second-order valence-electron chi connectivity index (χ2n) is 8.77. The first-order valence-corrected chi connectivity index (χ1v) is 9.03. The summed E-state index contributed by atoms with van der Waals surface area (Å²) in [4.78, 5) is 2.45. The highest BCUT2D eigenvalue weighted by atomic mass is 16.5. The minimum atomic E-state index is 0.168. The highest BCUT2D eigenvalue weighted by molar-refractivity contribution is 4.75. The summed E-state index contributed by atoms with van der Waals surface area (Å²) >= 11 is 0. The van der Waals surface area contributed by atoms with Crippen molar-refractivity contribution >= 4 is 0 Å². The number of rotatable bonds is 9. The first-order chi connectivity index (χ1) is 10.7. The van der Waals surface area contributed by atoms with Gasteiger partial charge in [-0.2, -0.15) is 0 Å². The molecule has 0 bridgehead atoms. The number of morpholine rings is 1. The van der Waals surface area contributed by atoms with Crippen LogP contribution in [0.15, 0.2) is 0 Å². The van der Waals surface area contributed by atoms with Gasteiger partial charge in [-0.1, -0.05) is 20.8 Å². The SMILES string of the molecule is CC(C)(C)CNCC1CN(CCOCCNC(C)(C)C)CCO1. The molecule has 0 aliphatic carbocycles. The first-order valence-electron chi connectivity index (χ1n) is 9.03. The van der Waals surface area contributed by atoms with Crippen LogP contribution in [0.25, 0.3) is 0 Å². The maximum atomic E-state index is 5.85. The Morgan fingerprint density at radius 2 is 1.87 bits per heavy atom. The van der Waals surface area contributed by atoms with Crippen molar-refractivity contribution in [2.24, 2.45) is 5.41 Å². The summed E-state index contributed by atoms with van der Waals surface area (Å²) in [7, 11) is 0. The van der Waals surface area contributed by atoms with E-state index in [2.05, 4.69) is 57.1 Å². The molecule has 1 aliphatic heterocycles. The first kappa shape index (κ1) is 20.8. The Balaban J connectivity index is 2.06. The molecule has 23 heavy (non-hydrogen) atoms. The van der Waals surface area contributed by atoms with Gasteiger partial charge < -0.3 is 20.1 Å². The van der Waals surface area contributed by atoms with Gasteiger partial charge in [0.05, 0.1) is 25.9 Å². The fraction of sp³-hybridized carbons (Fsp3) is 1.00. The molecule has 1 atom stereocenters. The Morgan fingerprint density at radius 1 is 1.13 bits per heavy atom. The van der Waals surface area contributed by atoms with E-state index >= 15 is 0 Å². The summed E-state index contributed by atoms with van der Waals surface area (Å²) in [5.74, 6) is 0. The largest absolute Gasteiger partial charge is 0.379 e. The molecule has 1 heterocycles. The third kappa shape index (κ3) is 11.9. The zero-order valence-electron chi connectivity index (χ0n) is 16.2. The average molecular weight is 330 g/mol. The van der Waals surface area contributed by atoms with Crippen LogP contribution in [0.1, 0.15) is 41.5 Å². The molecular formula is C18H39N3O2. The van der Waals surface area contributed by atoms with Crippen LogP contribution in [-0.2, 0) is 9.47 Å². The fourth-order valence-electron chi connectivity index (χ4n) is 2.51. The molecule has 0 aromatic rings. The van der Waals surface area contributed by atoms with Crippen LogP contribution in [0, 0.1) is 5.41 Å². The molecule has 0 radical (unpaired) electrons. The summed E-state index contributed by atoms with van der Waals surface area (Å²) in [5, 5.41) is 6.96. The third-order valence-corrected chi connectivity index (χ3v) is 3.70. The van der Waals surface area contributed by atoms with Crippen molar-refractivity contribution in [3.05, 3.63) is 0 Å². The lowest BCUT2D eigenvalue weighted by atomic mass is 9.97. The zero-order valence-corrected chi connectivity index (χ0v) is 16.2. The lowest BCUT2D eigenvalue weighted by Gasteiger charge is -2.33. The number of ether oxygens (including phenoxy) is 2. The van der Waals surface area contributed by atoms with E-state index in [0.29, 0.717) is 11.5 Å². The maximum Gasteiger partial charge on any atom is 0.0826 e. The Hall–Kier alpha value is -0.200. The molecule has 2 N–H and O–H groups in total. The quantitative estimate of drug-likeness (QED) is 0.631. The van der Waals surface area contributed by atoms with Crippen LogP contribution >= 0.6 is 0 Å². The van der Waals surface area contributed by atoms with Gasteiger partial charge in [0.15, 0.2) is 0 Å². The second kappa shape index (κ2) is 9.94. The maximum absolute atomic E-state index is 5.85. The normalized spacial score (nSPS) is 20.9. The number of hydrogen-bond acceptors (Lipinski definition) is 5. The summed E-state index contributed by atoms with van der Waals surface area (Å²) in [5.41, 5.74) is 0.490. The van der Waals surface area contributed by atoms with Gasteiger partial charge in [-0.05, 0) is 26.2 Å². The predicted octanol–water partition coefficient (Wildman–Crippen LogP) is 1.73. The molecule has 1 fully saturated rings. The van der Waals surface area contributed by atoms with E-state index in [1.807, 2.05) is 0 Å². The predicted molar refractivity (Wildman–Crippen MR) is 97.1 cm³/mol. The highest BCUT2D eigenvalue weighted by Crippen LogP contribution is 2.11. The Kier molecular flexibility index (Phi) is 9.01. The van der Waals surface area contributed by atoms with Crippen LogP contribution in [0.4, 0.5) is 0 Å². The van der Waals surface area contributed by atoms with Gasteiger partial charge in [0.2, 0.25) is 0 Å². The minimum Gasteiger partial charge on any atom is -0.379 e. The molecule has 1 rings (SSSR count). The topological polar surface area (TPSA) is 45.8 Å². The van der Waals surface area contributed by atoms with Gasteiger partial charge in [-0.3, -0.25) is 4.90 Å². The van der Waals surface area contributed by atoms with Gasteiger partial charge in [-0.25, -0.2) is 0 Å². The summed E-state index contributed by atoms with van der Waals surface area (Å²) in [6.07, 6.45) is 0.300. The monoisotopic (exact) mass is 329 g/mol. The molecule has 0 spiro atoms. The summed E-state index contributed by atoms with van der Waals surface area (Å²) < 4.78 is 11.6. The van der Waals surface area contributed by atoms with Crippen LogP contribution in [0.2, 0.25) is 0 Å². The molecular weight excluding hydrogens is 290 g/mol. The van der Waals surface area contributed by atoms with E-state index in [4.69, 9.17) is 9.47 Å². The van der Waals surface area contributed by atoms with Crippen LogP contribution in [0.3, 0.4) is 0 Å². The average Bonchev–Trinajstić information content (AvgIpc) is 2.40. The van der Waals surface area contributed by atoms with Crippen molar-refractivity contribution in [1.82, 2.24) is 15.5 Å². The van der Waals surface area contributed by atoms with Crippen LogP contribution < -0.4 is 10.6 Å². The van der Waals surface area contributed by atoms with E-state index in [1.165, 1.54) is 0 Å². The van der Waals surface area contributed by atoms with Crippen LogP contribution in [0.5, 0.6) is 0 Å². The Bertz CT molecular complexity index is 310. The van der Waals surface area contributed by atoms with Gasteiger partial charge in [-0.15, -0.1) is 0 Å². The minimum absolute atomic E-state index is 0.168. The molecule has 5 heteroatoms. The van der Waals surface area contributed by atoms with Crippen molar-refractivity contribution in [3.8, 4) is 0 Å². The molecule has 0 saturated carbocycles. The van der Waals surface area contributed by atoms with E-state index in [-0.39, 0.29) is 5.54 Å². The number of hydrogen-bond donors (Lipinski definition) is 2. The van der Waals surface area contributed by atoms with Crippen molar-refractivity contribution in [3.63, 3.8) is 0 Å². The van der Waals surface area contributed by atoms with Gasteiger partial charge in [0.1, 0.15) is 0 Å². The molecule has 0 aromatic heterocycles. The van der Waals surface area contributed by atoms with Gasteiger partial charge >= 0.3 is 0 Å². The number of nitrogens with zero attached hydrogens (tertiary/aromatic N) is 1. The van der Waals surface area contributed by atoms with Crippen molar-refractivity contribution < 1.29 is 9.47 Å². The fourth-order valence-corrected chi connectivity index (χ4v) is 2.51. The number of nitrogens with one attached hydrogen (secondary N) is 2. The zero-order chi connectivity index (χ0) is 17.3. The molecule has 1 unspecified atom stereocenters. The highest BCUT2D eigenvalue weighted by Gasteiger charge is 2.20. The lowest BCUT2D eigenvalue weighted by Crippen LogP contribution is -2.48. The van der Waals surface area contributed by atoms with Crippen molar-refractivity contribution in [2.45, 2.75) is 53.2 Å². The summed E-state index contributed by atoms with van der Waals surface area (Å²) in [6, 6.07) is 0.